The van der Waals surface area contributed by atoms with Crippen LogP contribution < -0.4 is 5.43 Å². The molecule has 0 fully saturated rings. The number of hydrogen-bond acceptors (Lipinski definition) is 4. The topological polar surface area (TPSA) is 63.4 Å². The second-order valence-electron chi connectivity index (χ2n) is 9.38. The van der Waals surface area contributed by atoms with Gasteiger partial charge in [-0.25, -0.2) is 4.39 Å². The zero-order chi connectivity index (χ0) is 23.3. The first-order chi connectivity index (χ1) is 15.7. The number of halogens is 1. The summed E-state index contributed by atoms with van der Waals surface area (Å²) in [6.45, 7) is 6.63. The molecule has 0 bridgehead atoms. The van der Waals surface area contributed by atoms with Gasteiger partial charge in [-0.15, -0.1) is 0 Å². The van der Waals surface area contributed by atoms with Crippen molar-refractivity contribution in [1.82, 2.24) is 9.88 Å². The maximum atomic E-state index is 13.9. The van der Waals surface area contributed by atoms with Crippen molar-refractivity contribution in [2.75, 3.05) is 0 Å². The van der Waals surface area contributed by atoms with E-state index in [4.69, 9.17) is 4.42 Å². The molecule has 1 aliphatic rings. The van der Waals surface area contributed by atoms with E-state index in [2.05, 4.69) is 25.8 Å². The highest BCUT2D eigenvalue weighted by Crippen LogP contribution is 2.39. The zero-order valence-corrected chi connectivity index (χ0v) is 18.6. The van der Waals surface area contributed by atoms with Crippen molar-refractivity contribution in [3.63, 3.8) is 0 Å². The fraction of sp³-hybridized carbons (Fsp3) is 0.222. The molecule has 1 amide bonds. The molecule has 5 nitrogen and oxygen atoms in total. The van der Waals surface area contributed by atoms with Gasteiger partial charge in [-0.05, 0) is 46.4 Å². The van der Waals surface area contributed by atoms with Gasteiger partial charge in [0.05, 0.1) is 17.0 Å². The van der Waals surface area contributed by atoms with Gasteiger partial charge in [0.2, 0.25) is 5.76 Å². The molecule has 1 atom stereocenters. The third-order valence-electron chi connectivity index (χ3n) is 6.10. The minimum atomic E-state index is -0.648. The first-order valence-corrected chi connectivity index (χ1v) is 10.8. The van der Waals surface area contributed by atoms with Crippen LogP contribution in [0.15, 0.2) is 76.2 Å². The van der Waals surface area contributed by atoms with Crippen LogP contribution in [0.4, 0.5) is 4.39 Å². The molecule has 2 aromatic heterocycles. The summed E-state index contributed by atoms with van der Waals surface area (Å²) in [6, 6.07) is 14.7. The summed E-state index contributed by atoms with van der Waals surface area (Å²) in [4.78, 5) is 32.7. The Morgan fingerprint density at radius 1 is 1.06 bits per heavy atom. The number of nitrogens with zero attached hydrogens (tertiary/aromatic N) is 2. The van der Waals surface area contributed by atoms with Gasteiger partial charge in [-0.1, -0.05) is 51.1 Å². The molecule has 5 rings (SSSR count). The molecule has 0 aliphatic carbocycles. The third-order valence-corrected chi connectivity index (χ3v) is 6.10. The van der Waals surface area contributed by atoms with Gasteiger partial charge in [0.1, 0.15) is 11.4 Å². The Morgan fingerprint density at radius 2 is 1.82 bits per heavy atom. The number of hydrogen-bond donors (Lipinski definition) is 0. The quantitative estimate of drug-likeness (QED) is 0.428. The number of aromatic nitrogens is 1. The molecule has 4 aromatic rings. The van der Waals surface area contributed by atoms with Crippen LogP contribution in [0.3, 0.4) is 0 Å². The van der Waals surface area contributed by atoms with Crippen molar-refractivity contribution in [1.29, 1.82) is 0 Å². The van der Waals surface area contributed by atoms with E-state index in [-0.39, 0.29) is 40.2 Å². The number of carbonyl (C=O) groups excluding carboxylic acids is 1. The first kappa shape index (κ1) is 21.1. The predicted molar refractivity (Wildman–Crippen MR) is 124 cm³/mol. The summed E-state index contributed by atoms with van der Waals surface area (Å²) < 4.78 is 19.8. The van der Waals surface area contributed by atoms with Gasteiger partial charge in [0.15, 0.2) is 5.43 Å². The highest BCUT2D eigenvalue weighted by molar-refractivity contribution is 5.99. The third kappa shape index (κ3) is 3.61. The van der Waals surface area contributed by atoms with Crippen molar-refractivity contribution in [2.24, 2.45) is 0 Å². The van der Waals surface area contributed by atoms with Crippen molar-refractivity contribution in [2.45, 2.75) is 38.8 Å². The molecule has 0 radical (unpaired) electrons. The maximum absolute atomic E-state index is 13.9. The smallest absolute Gasteiger partial charge is 0.291 e. The minimum Gasteiger partial charge on any atom is -0.450 e. The van der Waals surface area contributed by atoms with E-state index in [0.717, 1.165) is 22.8 Å². The summed E-state index contributed by atoms with van der Waals surface area (Å²) in [5, 5.41) is 0.126. The van der Waals surface area contributed by atoms with E-state index in [1.54, 1.807) is 23.4 Å². The Kier molecular flexibility index (Phi) is 4.89. The summed E-state index contributed by atoms with van der Waals surface area (Å²) in [6.07, 6.45) is 3.36. The molecule has 6 heteroatoms. The van der Waals surface area contributed by atoms with Crippen LogP contribution in [0, 0.1) is 5.82 Å². The van der Waals surface area contributed by atoms with Gasteiger partial charge < -0.3 is 9.32 Å². The Balaban J connectivity index is 1.71. The number of amides is 1. The van der Waals surface area contributed by atoms with Crippen LogP contribution in [0.25, 0.3) is 11.0 Å². The van der Waals surface area contributed by atoms with E-state index in [1.165, 1.54) is 12.1 Å². The van der Waals surface area contributed by atoms with Crippen LogP contribution in [0.1, 0.15) is 59.6 Å². The lowest BCUT2D eigenvalue weighted by atomic mass is 9.86. The molecule has 1 aliphatic heterocycles. The Bertz CT molecular complexity index is 1420. The van der Waals surface area contributed by atoms with E-state index in [1.807, 2.05) is 30.3 Å². The number of fused-ring (bicyclic) bond motifs is 2. The summed E-state index contributed by atoms with van der Waals surface area (Å²) in [7, 11) is 0. The highest BCUT2D eigenvalue weighted by atomic mass is 19.1. The average Bonchev–Trinajstić information content (AvgIpc) is 3.06. The Labute approximate surface area is 190 Å². The van der Waals surface area contributed by atoms with Gasteiger partial charge in [-0.3, -0.25) is 14.6 Å². The summed E-state index contributed by atoms with van der Waals surface area (Å²) in [5.41, 5.74) is 2.77. The molecule has 0 N–H and O–H groups in total. The van der Waals surface area contributed by atoms with Crippen LogP contribution in [0.2, 0.25) is 0 Å². The minimum absolute atomic E-state index is 0.00731. The number of carbonyl (C=O) groups is 1. The van der Waals surface area contributed by atoms with Crippen molar-refractivity contribution in [3.8, 4) is 0 Å². The number of rotatable bonds is 3. The monoisotopic (exact) mass is 442 g/mol. The average molecular weight is 442 g/mol. The standard InChI is InChI=1S/C27H23FN2O3/c1-27(2,3)18-8-6-17(7-9-18)23-22-24(31)20-13-19(28)10-11-21(20)33-25(22)26(32)30(23)15-16-5-4-12-29-14-16/h4-14,23H,15H2,1-3H3/t23-/m1/s1. The number of benzene rings is 2. The van der Waals surface area contributed by atoms with E-state index < -0.39 is 17.3 Å². The van der Waals surface area contributed by atoms with Crippen molar-refractivity contribution < 1.29 is 13.6 Å². The second-order valence-corrected chi connectivity index (χ2v) is 9.38. The Morgan fingerprint density at radius 3 is 2.48 bits per heavy atom. The van der Waals surface area contributed by atoms with E-state index in [9.17, 15) is 14.0 Å². The fourth-order valence-electron chi connectivity index (χ4n) is 4.36. The van der Waals surface area contributed by atoms with Crippen LogP contribution in [0.5, 0.6) is 0 Å². The molecule has 33 heavy (non-hydrogen) atoms. The van der Waals surface area contributed by atoms with Crippen LogP contribution in [-0.4, -0.2) is 15.8 Å². The van der Waals surface area contributed by atoms with Crippen LogP contribution in [-0.2, 0) is 12.0 Å². The lowest BCUT2D eigenvalue weighted by Crippen LogP contribution is -2.29. The van der Waals surface area contributed by atoms with E-state index in [0.29, 0.717) is 0 Å². The molecule has 3 heterocycles. The molecular formula is C27H23FN2O3. The predicted octanol–water partition coefficient (Wildman–Crippen LogP) is 5.37. The summed E-state index contributed by atoms with van der Waals surface area (Å²) in [5.74, 6) is -0.896. The SMILES string of the molecule is CC(C)(C)c1ccc([C@@H]2c3c(oc4ccc(F)cc4c3=O)C(=O)N2Cc2cccnc2)cc1. The van der Waals surface area contributed by atoms with Gasteiger partial charge in [0, 0.05) is 18.9 Å². The number of pyridine rings is 1. The molecule has 0 spiro atoms. The largest absolute Gasteiger partial charge is 0.450 e. The molecule has 0 saturated carbocycles. The molecule has 2 aromatic carbocycles. The summed E-state index contributed by atoms with van der Waals surface area (Å²) >= 11 is 0. The highest BCUT2D eigenvalue weighted by Gasteiger charge is 2.42. The van der Waals surface area contributed by atoms with Crippen molar-refractivity contribution >= 4 is 16.9 Å². The molecule has 166 valence electrons. The second kappa shape index (κ2) is 7.66. The van der Waals surface area contributed by atoms with Gasteiger partial charge in [-0.2, -0.15) is 0 Å². The first-order valence-electron chi connectivity index (χ1n) is 10.8. The fourth-order valence-corrected chi connectivity index (χ4v) is 4.36. The van der Waals surface area contributed by atoms with Gasteiger partial charge in [0.25, 0.3) is 5.91 Å². The Hall–Kier alpha value is -3.80. The molecular weight excluding hydrogens is 419 g/mol. The zero-order valence-electron chi connectivity index (χ0n) is 18.6. The van der Waals surface area contributed by atoms with Crippen LogP contribution >= 0.6 is 0 Å². The van der Waals surface area contributed by atoms with E-state index >= 15 is 0 Å². The lowest BCUT2D eigenvalue weighted by molar-refractivity contribution is 0.0714. The molecule has 0 saturated heterocycles. The van der Waals surface area contributed by atoms with Gasteiger partial charge >= 0.3 is 0 Å². The normalized spacial score (nSPS) is 15.8. The van der Waals surface area contributed by atoms with Crippen molar-refractivity contribution in [3.05, 3.63) is 111 Å². The lowest BCUT2D eigenvalue weighted by Gasteiger charge is -2.26. The molecule has 0 unspecified atom stereocenters. The maximum Gasteiger partial charge on any atom is 0.291 e.